The molecule has 0 aromatic heterocycles. The van der Waals surface area contributed by atoms with Crippen LogP contribution in [-0.4, -0.2) is 91.4 Å². The number of carbonyl (C=O) groups is 3. The second kappa shape index (κ2) is 12.9. The molecular formula is C24H41N3O6. The van der Waals surface area contributed by atoms with E-state index in [2.05, 4.69) is 18.7 Å². The maximum Gasteiger partial charge on any atom is 0.338 e. The van der Waals surface area contributed by atoms with Crippen molar-refractivity contribution in [2.24, 2.45) is 5.92 Å². The molecule has 9 nitrogen and oxygen atoms in total. The van der Waals surface area contributed by atoms with E-state index in [-0.39, 0.29) is 37.2 Å². The Hall–Kier alpha value is -2.13. The summed E-state index contributed by atoms with van der Waals surface area (Å²) >= 11 is 0. The topological polar surface area (TPSA) is 88.6 Å². The average molecular weight is 468 g/mol. The Morgan fingerprint density at radius 2 is 1.52 bits per heavy atom. The zero-order valence-corrected chi connectivity index (χ0v) is 21.0. The van der Waals surface area contributed by atoms with E-state index in [1.165, 1.54) is 7.11 Å². The van der Waals surface area contributed by atoms with Gasteiger partial charge in [0.2, 0.25) is 0 Å². The quantitative estimate of drug-likeness (QED) is 0.336. The molecule has 9 heteroatoms. The van der Waals surface area contributed by atoms with Crippen LogP contribution in [0.15, 0.2) is 11.8 Å². The number of methoxy groups -OCH3 is 1. The molecule has 0 spiro atoms. The van der Waals surface area contributed by atoms with Crippen LogP contribution in [0.5, 0.6) is 0 Å². The molecule has 0 unspecified atom stereocenters. The molecule has 188 valence electrons. The van der Waals surface area contributed by atoms with Crippen molar-refractivity contribution in [2.45, 2.75) is 78.2 Å². The second-order valence-electron chi connectivity index (χ2n) is 8.60. The van der Waals surface area contributed by atoms with Gasteiger partial charge in [-0.25, -0.2) is 9.59 Å². The SMILES string of the molecule is CCCCN1[C@@H](C(=O)OCC)N(CCCC)[C@H]2[C@@H](CC(C(=O)OC)=CN2C)[C@@H]1C(=O)OCC. The van der Waals surface area contributed by atoms with Crippen molar-refractivity contribution in [3.63, 3.8) is 0 Å². The van der Waals surface area contributed by atoms with E-state index < -0.39 is 18.2 Å². The van der Waals surface area contributed by atoms with Crippen LogP contribution in [0, 0.1) is 5.92 Å². The molecule has 0 amide bonds. The van der Waals surface area contributed by atoms with Crippen molar-refractivity contribution in [1.29, 1.82) is 0 Å². The molecule has 2 rings (SSSR count). The highest BCUT2D eigenvalue weighted by atomic mass is 16.5. The Labute approximate surface area is 198 Å². The molecule has 1 saturated heterocycles. The van der Waals surface area contributed by atoms with Crippen molar-refractivity contribution in [3.05, 3.63) is 11.8 Å². The fraction of sp³-hybridized carbons (Fsp3) is 0.792. The lowest BCUT2D eigenvalue weighted by Gasteiger charge is -2.57. The second-order valence-corrected chi connectivity index (χ2v) is 8.60. The summed E-state index contributed by atoms with van der Waals surface area (Å²) in [4.78, 5) is 45.1. The van der Waals surface area contributed by atoms with Crippen molar-refractivity contribution >= 4 is 17.9 Å². The van der Waals surface area contributed by atoms with Crippen LogP contribution in [0.1, 0.15) is 59.8 Å². The van der Waals surface area contributed by atoms with Crippen LogP contribution >= 0.6 is 0 Å². The minimum atomic E-state index is -0.700. The van der Waals surface area contributed by atoms with Gasteiger partial charge in [-0.2, -0.15) is 0 Å². The number of hydrogen-bond acceptors (Lipinski definition) is 9. The normalized spacial score (nSPS) is 25.8. The van der Waals surface area contributed by atoms with Gasteiger partial charge in [0.15, 0.2) is 6.17 Å². The molecule has 0 radical (unpaired) electrons. The lowest BCUT2D eigenvalue weighted by atomic mass is 9.81. The number of nitrogens with zero attached hydrogens (tertiary/aromatic N) is 3. The van der Waals surface area contributed by atoms with Gasteiger partial charge in [0.05, 0.1) is 32.1 Å². The third-order valence-electron chi connectivity index (χ3n) is 6.36. The first kappa shape index (κ1) is 27.1. The Kier molecular flexibility index (Phi) is 10.6. The monoisotopic (exact) mass is 467 g/mol. The van der Waals surface area contributed by atoms with Gasteiger partial charge in [0.1, 0.15) is 6.04 Å². The predicted octanol–water partition coefficient (Wildman–Crippen LogP) is 2.36. The lowest BCUT2D eigenvalue weighted by molar-refractivity contribution is -0.195. The molecular weight excluding hydrogens is 426 g/mol. The molecule has 0 aromatic carbocycles. The van der Waals surface area contributed by atoms with Gasteiger partial charge in [-0.1, -0.05) is 26.7 Å². The molecule has 33 heavy (non-hydrogen) atoms. The molecule has 4 atom stereocenters. The van der Waals surface area contributed by atoms with Crippen LogP contribution in [0.3, 0.4) is 0 Å². The molecule has 2 aliphatic heterocycles. The Bertz CT molecular complexity index is 712. The number of ether oxygens (including phenoxy) is 3. The lowest BCUT2D eigenvalue weighted by Crippen LogP contribution is -2.74. The predicted molar refractivity (Wildman–Crippen MR) is 124 cm³/mol. The summed E-state index contributed by atoms with van der Waals surface area (Å²) < 4.78 is 16.0. The largest absolute Gasteiger partial charge is 0.466 e. The smallest absolute Gasteiger partial charge is 0.338 e. The summed E-state index contributed by atoms with van der Waals surface area (Å²) in [6.07, 6.45) is 4.78. The highest BCUT2D eigenvalue weighted by molar-refractivity contribution is 5.89. The number of hydrogen-bond donors (Lipinski definition) is 0. The molecule has 0 bridgehead atoms. The van der Waals surface area contributed by atoms with E-state index >= 15 is 0 Å². The molecule has 0 aromatic rings. The fourth-order valence-corrected chi connectivity index (χ4v) is 5.01. The highest BCUT2D eigenvalue weighted by Gasteiger charge is 2.56. The summed E-state index contributed by atoms with van der Waals surface area (Å²) in [7, 11) is 3.24. The number of carbonyl (C=O) groups excluding carboxylic acids is 3. The first-order chi connectivity index (χ1) is 15.9. The summed E-state index contributed by atoms with van der Waals surface area (Å²) in [5, 5.41) is 0. The third-order valence-corrected chi connectivity index (χ3v) is 6.36. The molecule has 2 heterocycles. The average Bonchev–Trinajstić information content (AvgIpc) is 2.79. The summed E-state index contributed by atoms with van der Waals surface area (Å²) in [5.41, 5.74) is 0.510. The minimum Gasteiger partial charge on any atom is -0.466 e. The molecule has 1 fully saturated rings. The van der Waals surface area contributed by atoms with Gasteiger partial charge < -0.3 is 19.1 Å². The number of fused-ring (bicyclic) bond motifs is 1. The summed E-state index contributed by atoms with van der Waals surface area (Å²) in [6, 6.07) is -0.676. The van der Waals surface area contributed by atoms with Crippen LogP contribution in [0.25, 0.3) is 0 Å². The van der Waals surface area contributed by atoms with E-state index in [0.717, 1.165) is 25.7 Å². The molecule has 0 saturated carbocycles. The van der Waals surface area contributed by atoms with Crippen molar-refractivity contribution < 1.29 is 28.6 Å². The van der Waals surface area contributed by atoms with Gasteiger partial charge in [-0.05, 0) is 33.1 Å². The van der Waals surface area contributed by atoms with Gasteiger partial charge in [0.25, 0.3) is 0 Å². The van der Waals surface area contributed by atoms with Crippen molar-refractivity contribution in [2.75, 3.05) is 40.5 Å². The number of esters is 3. The van der Waals surface area contributed by atoms with Gasteiger partial charge in [-0.15, -0.1) is 0 Å². The van der Waals surface area contributed by atoms with Crippen molar-refractivity contribution in [3.8, 4) is 0 Å². The van der Waals surface area contributed by atoms with Crippen molar-refractivity contribution in [1.82, 2.24) is 14.7 Å². The van der Waals surface area contributed by atoms with Gasteiger partial charge in [0, 0.05) is 32.3 Å². The highest BCUT2D eigenvalue weighted by Crippen LogP contribution is 2.40. The fourth-order valence-electron chi connectivity index (χ4n) is 5.01. The Morgan fingerprint density at radius 3 is 2.06 bits per heavy atom. The Balaban J connectivity index is 2.64. The van der Waals surface area contributed by atoms with Crippen LogP contribution < -0.4 is 0 Å². The minimum absolute atomic E-state index is 0.244. The van der Waals surface area contributed by atoms with E-state index in [0.29, 0.717) is 25.1 Å². The summed E-state index contributed by atoms with van der Waals surface area (Å²) in [5.74, 6) is -1.40. The third kappa shape index (κ3) is 6.06. The first-order valence-corrected chi connectivity index (χ1v) is 12.2. The number of unbranched alkanes of at least 4 members (excludes halogenated alkanes) is 2. The zero-order chi connectivity index (χ0) is 24.5. The molecule has 0 aliphatic carbocycles. The molecule has 0 N–H and O–H groups in total. The standard InChI is InChI=1S/C24H41N3O6/c1-7-11-13-26-19(23(29)32-9-3)18-15-17(22(28)31-6)16-25(5)20(18)27(14-12-8-2)21(26)24(30)33-10-4/h16,18-21H,7-15H2,1-6H3/t18-,19+,20-,21+/m0/s1. The van der Waals surface area contributed by atoms with E-state index in [9.17, 15) is 14.4 Å². The van der Waals surface area contributed by atoms with Crippen LogP contribution in [-0.2, 0) is 28.6 Å². The van der Waals surface area contributed by atoms with E-state index in [1.807, 2.05) is 16.8 Å². The molecule has 2 aliphatic rings. The maximum atomic E-state index is 13.3. The maximum absolute atomic E-state index is 13.3. The van der Waals surface area contributed by atoms with E-state index in [4.69, 9.17) is 14.2 Å². The van der Waals surface area contributed by atoms with Gasteiger partial charge >= 0.3 is 17.9 Å². The summed E-state index contributed by atoms with van der Waals surface area (Å²) in [6.45, 7) is 9.48. The van der Waals surface area contributed by atoms with Crippen LogP contribution in [0.2, 0.25) is 0 Å². The van der Waals surface area contributed by atoms with Gasteiger partial charge in [-0.3, -0.25) is 14.6 Å². The first-order valence-electron chi connectivity index (χ1n) is 12.2. The number of rotatable bonds is 11. The van der Waals surface area contributed by atoms with E-state index in [1.54, 1.807) is 20.0 Å². The zero-order valence-electron chi connectivity index (χ0n) is 21.0. The Morgan fingerprint density at radius 1 is 0.939 bits per heavy atom. The van der Waals surface area contributed by atoms with Crippen LogP contribution in [0.4, 0.5) is 0 Å².